The molecule has 0 unspecified atom stereocenters. The molecule has 2 aromatic carbocycles. The first-order chi connectivity index (χ1) is 13.6. The zero-order valence-electron chi connectivity index (χ0n) is 15.3. The maximum absolute atomic E-state index is 14.1. The van der Waals surface area contributed by atoms with Crippen molar-refractivity contribution in [2.45, 2.75) is 12.6 Å². The van der Waals surface area contributed by atoms with Crippen LogP contribution in [0.1, 0.15) is 11.1 Å². The van der Waals surface area contributed by atoms with Crippen LogP contribution >= 0.6 is 0 Å². The molecule has 7 heteroatoms. The summed E-state index contributed by atoms with van der Waals surface area (Å²) >= 11 is 0. The summed E-state index contributed by atoms with van der Waals surface area (Å²) in [6.07, 6.45) is -0.641. The Hall–Kier alpha value is -3.11. The van der Waals surface area contributed by atoms with Crippen molar-refractivity contribution in [2.24, 2.45) is 0 Å². The topological polar surface area (TPSA) is 65.8 Å². The van der Waals surface area contributed by atoms with Crippen LogP contribution in [0.3, 0.4) is 0 Å². The second kappa shape index (κ2) is 7.87. The second-order valence-corrected chi connectivity index (χ2v) is 6.88. The van der Waals surface area contributed by atoms with E-state index in [9.17, 15) is 9.18 Å². The Morgan fingerprint density at radius 3 is 2.61 bits per heavy atom. The summed E-state index contributed by atoms with van der Waals surface area (Å²) in [7, 11) is 0. The minimum atomic E-state index is -0.641. The molecule has 2 aromatic rings. The molecule has 2 aliphatic heterocycles. The molecule has 4 rings (SSSR count). The molecule has 0 aromatic heterocycles. The summed E-state index contributed by atoms with van der Waals surface area (Å²) in [5, 5.41) is 8.83. The summed E-state index contributed by atoms with van der Waals surface area (Å²) in [4.78, 5) is 16.6. The van der Waals surface area contributed by atoms with Crippen LogP contribution in [0.15, 0.2) is 42.5 Å². The smallest absolute Gasteiger partial charge is 0.267 e. The predicted octanol–water partition coefficient (Wildman–Crippen LogP) is 2.18. The van der Waals surface area contributed by atoms with E-state index >= 15 is 0 Å². The predicted molar refractivity (Wildman–Crippen MR) is 99.3 cm³/mol. The summed E-state index contributed by atoms with van der Waals surface area (Å²) in [6, 6.07) is 13.8. The van der Waals surface area contributed by atoms with Crippen LogP contribution in [0, 0.1) is 17.1 Å². The number of rotatable bonds is 3. The SMILES string of the molecule is N#Cc1ccc(CN2CCN(C(=O)[C@H]3COc4ccccc4O3)CC2)c(F)c1. The Morgan fingerprint density at radius 1 is 1.14 bits per heavy atom. The van der Waals surface area contributed by atoms with Crippen molar-refractivity contribution in [1.29, 1.82) is 5.26 Å². The van der Waals surface area contributed by atoms with Crippen LogP contribution < -0.4 is 9.47 Å². The lowest BCUT2D eigenvalue weighted by Crippen LogP contribution is -2.53. The molecule has 0 bridgehead atoms. The van der Waals surface area contributed by atoms with Gasteiger partial charge in [-0.3, -0.25) is 9.69 Å². The number of carbonyl (C=O) groups excluding carboxylic acids is 1. The Morgan fingerprint density at radius 2 is 1.89 bits per heavy atom. The van der Waals surface area contributed by atoms with Crippen molar-refractivity contribution in [3.8, 4) is 17.6 Å². The van der Waals surface area contributed by atoms with Gasteiger partial charge in [-0.1, -0.05) is 18.2 Å². The van der Waals surface area contributed by atoms with Crippen molar-refractivity contribution < 1.29 is 18.7 Å². The number of para-hydroxylation sites is 2. The van der Waals surface area contributed by atoms with Gasteiger partial charge in [0.05, 0.1) is 11.6 Å². The number of hydrogen-bond acceptors (Lipinski definition) is 5. The molecule has 0 saturated carbocycles. The van der Waals surface area contributed by atoms with Crippen molar-refractivity contribution in [1.82, 2.24) is 9.80 Å². The Balaban J connectivity index is 1.32. The lowest BCUT2D eigenvalue weighted by molar-refractivity contribution is -0.143. The van der Waals surface area contributed by atoms with Crippen LogP contribution in [0.2, 0.25) is 0 Å². The number of nitrogens with zero attached hydrogens (tertiary/aromatic N) is 3. The summed E-state index contributed by atoms with van der Waals surface area (Å²) in [5.74, 6) is 0.783. The van der Waals surface area contributed by atoms with Crippen molar-refractivity contribution in [3.05, 3.63) is 59.4 Å². The molecule has 6 nitrogen and oxygen atoms in total. The lowest BCUT2D eigenvalue weighted by atomic mass is 10.1. The molecule has 0 radical (unpaired) electrons. The highest BCUT2D eigenvalue weighted by Gasteiger charge is 2.32. The first-order valence-corrected chi connectivity index (χ1v) is 9.22. The number of carbonyl (C=O) groups is 1. The van der Waals surface area contributed by atoms with Gasteiger partial charge < -0.3 is 14.4 Å². The number of ether oxygens (including phenoxy) is 2. The third-order valence-electron chi connectivity index (χ3n) is 5.04. The number of hydrogen-bond donors (Lipinski definition) is 0. The maximum atomic E-state index is 14.1. The molecule has 1 fully saturated rings. The molecule has 2 aliphatic rings. The fourth-order valence-electron chi connectivity index (χ4n) is 3.46. The largest absolute Gasteiger partial charge is 0.485 e. The second-order valence-electron chi connectivity index (χ2n) is 6.88. The fraction of sp³-hybridized carbons (Fsp3) is 0.333. The van der Waals surface area contributed by atoms with E-state index in [4.69, 9.17) is 14.7 Å². The molecule has 1 amide bonds. The highest BCUT2D eigenvalue weighted by Crippen LogP contribution is 2.31. The van der Waals surface area contributed by atoms with Crippen molar-refractivity contribution in [3.63, 3.8) is 0 Å². The van der Waals surface area contributed by atoms with Gasteiger partial charge in [0, 0.05) is 38.3 Å². The average Bonchev–Trinajstić information content (AvgIpc) is 2.75. The number of fused-ring (bicyclic) bond motifs is 1. The Labute approximate surface area is 162 Å². The average molecular weight is 381 g/mol. The van der Waals surface area contributed by atoms with Gasteiger partial charge in [0.1, 0.15) is 12.4 Å². The van der Waals surface area contributed by atoms with E-state index in [1.807, 2.05) is 24.3 Å². The summed E-state index contributed by atoms with van der Waals surface area (Å²) in [5.41, 5.74) is 0.868. The van der Waals surface area contributed by atoms with E-state index in [0.29, 0.717) is 55.3 Å². The molecule has 1 saturated heterocycles. The minimum Gasteiger partial charge on any atom is -0.485 e. The molecule has 28 heavy (non-hydrogen) atoms. The number of benzene rings is 2. The molecular weight excluding hydrogens is 361 g/mol. The van der Waals surface area contributed by atoms with Crippen molar-refractivity contribution >= 4 is 5.91 Å². The van der Waals surface area contributed by atoms with Gasteiger partial charge in [-0.25, -0.2) is 4.39 Å². The zero-order chi connectivity index (χ0) is 19.5. The van der Waals surface area contributed by atoms with Crippen LogP contribution in [0.5, 0.6) is 11.5 Å². The standard InChI is InChI=1S/C21H20FN3O3/c22-17-11-15(12-23)5-6-16(17)13-24-7-9-25(10-8-24)21(26)20-14-27-18-3-1-2-4-19(18)28-20/h1-6,11,20H,7-10,13-14H2/t20-/m1/s1. The monoisotopic (exact) mass is 381 g/mol. The van der Waals surface area contributed by atoms with Gasteiger partial charge in [-0.15, -0.1) is 0 Å². The number of halogens is 1. The van der Waals surface area contributed by atoms with Crippen LogP contribution in [0.25, 0.3) is 0 Å². The normalized spacial score (nSPS) is 19.1. The highest BCUT2D eigenvalue weighted by atomic mass is 19.1. The van der Waals surface area contributed by atoms with E-state index in [1.54, 1.807) is 23.1 Å². The van der Waals surface area contributed by atoms with Crippen LogP contribution in [0.4, 0.5) is 4.39 Å². The van der Waals surface area contributed by atoms with E-state index in [-0.39, 0.29) is 18.3 Å². The molecular formula is C21H20FN3O3. The third kappa shape index (κ3) is 3.78. The first-order valence-electron chi connectivity index (χ1n) is 9.22. The zero-order valence-corrected chi connectivity index (χ0v) is 15.3. The molecule has 0 aliphatic carbocycles. The van der Waals surface area contributed by atoms with E-state index in [1.165, 1.54) is 6.07 Å². The summed E-state index contributed by atoms with van der Waals surface area (Å²) < 4.78 is 25.5. The summed E-state index contributed by atoms with van der Waals surface area (Å²) in [6.45, 7) is 3.06. The maximum Gasteiger partial charge on any atom is 0.267 e. The first kappa shape index (κ1) is 18.3. The fourth-order valence-corrected chi connectivity index (χ4v) is 3.46. The van der Waals surface area contributed by atoms with Gasteiger partial charge in [-0.2, -0.15) is 5.26 Å². The molecule has 2 heterocycles. The lowest BCUT2D eigenvalue weighted by Gasteiger charge is -2.37. The van der Waals surface area contributed by atoms with Gasteiger partial charge >= 0.3 is 0 Å². The number of piperazine rings is 1. The molecule has 1 atom stereocenters. The third-order valence-corrected chi connectivity index (χ3v) is 5.04. The van der Waals surface area contributed by atoms with E-state index < -0.39 is 6.10 Å². The van der Waals surface area contributed by atoms with Crippen LogP contribution in [-0.2, 0) is 11.3 Å². The van der Waals surface area contributed by atoms with Gasteiger partial charge in [-0.05, 0) is 24.3 Å². The van der Waals surface area contributed by atoms with E-state index in [0.717, 1.165) is 0 Å². The van der Waals surface area contributed by atoms with Gasteiger partial charge in [0.15, 0.2) is 11.5 Å². The molecule has 144 valence electrons. The van der Waals surface area contributed by atoms with Crippen molar-refractivity contribution in [2.75, 3.05) is 32.8 Å². The number of nitriles is 1. The number of amides is 1. The quantitative estimate of drug-likeness (QED) is 0.815. The van der Waals surface area contributed by atoms with Gasteiger partial charge in [0.25, 0.3) is 5.91 Å². The Bertz CT molecular complexity index is 919. The van der Waals surface area contributed by atoms with Crippen LogP contribution in [-0.4, -0.2) is 54.6 Å². The Kier molecular flexibility index (Phi) is 5.13. The van der Waals surface area contributed by atoms with E-state index in [2.05, 4.69) is 4.90 Å². The highest BCUT2D eigenvalue weighted by molar-refractivity contribution is 5.82. The molecule has 0 N–H and O–H groups in total. The molecule has 0 spiro atoms. The minimum absolute atomic E-state index is 0.0845. The van der Waals surface area contributed by atoms with Gasteiger partial charge in [0.2, 0.25) is 6.10 Å².